The molecule has 0 bridgehead atoms. The SMILES string of the molecule is CC(C)(C)OC(=O)N(C(=O)OC(C)(C)C)[C@@H]1CC[C@H](n2cnc3c(NCC(c4ccccc4)c4ccccc4)nc(Cl)nc32)C1. The summed E-state index contributed by atoms with van der Waals surface area (Å²) in [5.41, 5.74) is 1.99. The van der Waals surface area contributed by atoms with Crippen molar-refractivity contribution < 1.29 is 19.1 Å². The van der Waals surface area contributed by atoms with Crippen LogP contribution in [0.5, 0.6) is 0 Å². The zero-order chi connectivity index (χ0) is 32.4. The van der Waals surface area contributed by atoms with Crippen LogP contribution in [0, 0.1) is 0 Å². The van der Waals surface area contributed by atoms with E-state index in [-0.39, 0.29) is 17.2 Å². The number of halogens is 1. The van der Waals surface area contributed by atoms with E-state index in [1.165, 1.54) is 11.1 Å². The van der Waals surface area contributed by atoms with Gasteiger partial charge in [0.15, 0.2) is 17.0 Å². The lowest BCUT2D eigenvalue weighted by molar-refractivity contribution is -0.00699. The first-order valence-electron chi connectivity index (χ1n) is 15.3. The summed E-state index contributed by atoms with van der Waals surface area (Å²) in [5, 5.41) is 3.59. The Balaban J connectivity index is 1.39. The Morgan fingerprint density at radius 1 is 0.911 bits per heavy atom. The maximum absolute atomic E-state index is 13.2. The van der Waals surface area contributed by atoms with E-state index in [0.717, 1.165) is 4.90 Å². The summed E-state index contributed by atoms with van der Waals surface area (Å²) in [6.07, 6.45) is 2.03. The van der Waals surface area contributed by atoms with Gasteiger partial charge in [-0.05, 0) is 83.5 Å². The molecule has 1 fully saturated rings. The molecule has 0 aliphatic heterocycles. The first-order valence-corrected chi connectivity index (χ1v) is 15.7. The van der Waals surface area contributed by atoms with Crippen molar-refractivity contribution >= 4 is 40.8 Å². The summed E-state index contributed by atoms with van der Waals surface area (Å²) in [5.74, 6) is 0.611. The number of anilines is 1. The van der Waals surface area contributed by atoms with Crippen molar-refractivity contribution in [3.05, 3.63) is 83.4 Å². The number of amides is 2. The number of rotatable bonds is 7. The second kappa shape index (κ2) is 13.0. The van der Waals surface area contributed by atoms with E-state index in [9.17, 15) is 9.59 Å². The molecule has 4 aromatic rings. The highest BCUT2D eigenvalue weighted by Gasteiger charge is 2.41. The van der Waals surface area contributed by atoms with Gasteiger partial charge in [0.05, 0.1) is 6.33 Å². The van der Waals surface area contributed by atoms with E-state index in [1.807, 2.05) is 41.0 Å². The number of benzene rings is 2. The van der Waals surface area contributed by atoms with E-state index in [4.69, 9.17) is 21.1 Å². The highest BCUT2D eigenvalue weighted by molar-refractivity contribution is 6.28. The van der Waals surface area contributed by atoms with Crippen LogP contribution in [-0.2, 0) is 9.47 Å². The number of carbonyl (C=O) groups excluding carboxylic acids is 2. The molecule has 0 unspecified atom stereocenters. The summed E-state index contributed by atoms with van der Waals surface area (Å²) < 4.78 is 13.2. The van der Waals surface area contributed by atoms with Crippen LogP contribution in [0.3, 0.4) is 0 Å². The number of hydrogen-bond acceptors (Lipinski definition) is 8. The molecule has 11 heteroatoms. The van der Waals surface area contributed by atoms with Gasteiger partial charge < -0.3 is 19.4 Å². The molecule has 1 aliphatic rings. The van der Waals surface area contributed by atoms with Crippen LogP contribution in [0.4, 0.5) is 15.4 Å². The van der Waals surface area contributed by atoms with Crippen LogP contribution >= 0.6 is 11.6 Å². The van der Waals surface area contributed by atoms with Gasteiger partial charge >= 0.3 is 12.2 Å². The van der Waals surface area contributed by atoms with E-state index in [0.29, 0.717) is 42.8 Å². The fourth-order valence-corrected chi connectivity index (χ4v) is 5.86. The van der Waals surface area contributed by atoms with Crippen molar-refractivity contribution in [1.82, 2.24) is 24.4 Å². The Morgan fingerprint density at radius 2 is 1.47 bits per heavy atom. The van der Waals surface area contributed by atoms with Gasteiger partial charge in [-0.2, -0.15) is 9.97 Å². The minimum atomic E-state index is -0.771. The predicted molar refractivity (Wildman–Crippen MR) is 175 cm³/mol. The zero-order valence-electron chi connectivity index (χ0n) is 26.7. The fourth-order valence-electron chi connectivity index (χ4n) is 5.69. The molecule has 0 spiro atoms. The van der Waals surface area contributed by atoms with Crippen molar-refractivity contribution in [3.63, 3.8) is 0 Å². The minimum Gasteiger partial charge on any atom is -0.443 e. The normalized spacial score (nSPS) is 17.0. The Labute approximate surface area is 269 Å². The number of aromatic nitrogens is 4. The Hall–Kier alpha value is -4.18. The van der Waals surface area contributed by atoms with Crippen molar-refractivity contribution in [3.8, 4) is 0 Å². The molecule has 2 aromatic carbocycles. The lowest BCUT2D eigenvalue weighted by Gasteiger charge is -2.32. The molecule has 10 nitrogen and oxygen atoms in total. The quantitative estimate of drug-likeness (QED) is 0.204. The number of imidazole rings is 1. The van der Waals surface area contributed by atoms with E-state index in [2.05, 4.69) is 44.5 Å². The van der Waals surface area contributed by atoms with E-state index >= 15 is 0 Å². The summed E-state index contributed by atoms with van der Waals surface area (Å²) in [6, 6.07) is 20.1. The van der Waals surface area contributed by atoms with Crippen LogP contribution in [-0.4, -0.2) is 60.4 Å². The molecule has 2 amide bonds. The van der Waals surface area contributed by atoms with Crippen LogP contribution in [0.2, 0.25) is 5.28 Å². The Morgan fingerprint density at radius 3 is 2.00 bits per heavy atom. The van der Waals surface area contributed by atoms with Gasteiger partial charge in [0.25, 0.3) is 0 Å². The molecule has 2 atom stereocenters. The van der Waals surface area contributed by atoms with Crippen LogP contribution in [0.15, 0.2) is 67.0 Å². The second-order valence-electron chi connectivity index (χ2n) is 13.4. The van der Waals surface area contributed by atoms with Crippen LogP contribution in [0.1, 0.15) is 83.9 Å². The summed E-state index contributed by atoms with van der Waals surface area (Å²) in [4.78, 5) is 41.3. The highest BCUT2D eigenvalue weighted by Crippen LogP contribution is 2.37. The van der Waals surface area contributed by atoms with E-state index < -0.39 is 29.4 Å². The molecular formula is C34H41ClN6O4. The third-order valence-corrected chi connectivity index (χ3v) is 7.76. The number of fused-ring (bicyclic) bond motifs is 1. The maximum atomic E-state index is 13.2. The average Bonchev–Trinajstić information content (AvgIpc) is 3.60. The summed E-state index contributed by atoms with van der Waals surface area (Å²) in [7, 11) is 0. The lowest BCUT2D eigenvalue weighted by Crippen LogP contribution is -2.48. The number of nitrogens with one attached hydrogen (secondary N) is 1. The molecule has 0 radical (unpaired) electrons. The molecule has 0 saturated heterocycles. The molecule has 238 valence electrons. The Bertz CT molecular complexity index is 1560. The van der Waals surface area contributed by atoms with Crippen molar-refractivity contribution in [1.29, 1.82) is 0 Å². The molecular weight excluding hydrogens is 592 g/mol. The number of carbonyl (C=O) groups is 2. The van der Waals surface area contributed by atoms with Gasteiger partial charge in [-0.3, -0.25) is 0 Å². The second-order valence-corrected chi connectivity index (χ2v) is 13.7. The first kappa shape index (κ1) is 32.2. The average molecular weight is 633 g/mol. The number of nitrogens with zero attached hydrogens (tertiary/aromatic N) is 5. The fraction of sp³-hybridized carbons (Fsp3) is 0.441. The summed E-state index contributed by atoms with van der Waals surface area (Å²) >= 11 is 6.46. The standard InChI is InChI=1S/C34H41ClN6O4/c1-33(2,3)44-31(42)41(32(43)45-34(4,5)6)25-18-17-24(19-25)40-21-37-27-28(38-30(35)39-29(27)40)36-20-26(22-13-9-7-10-14-22)23-15-11-8-12-16-23/h7-16,21,24-26H,17-20H2,1-6H3,(H,36,38,39)/t24-,25+/m0/s1. The molecule has 1 saturated carbocycles. The number of ether oxygens (including phenoxy) is 2. The van der Waals surface area contributed by atoms with Gasteiger partial charge in [-0.15, -0.1) is 0 Å². The van der Waals surface area contributed by atoms with Gasteiger partial charge in [-0.1, -0.05) is 60.7 Å². The Kier molecular flexibility index (Phi) is 9.34. The largest absolute Gasteiger partial charge is 0.443 e. The smallest absolute Gasteiger partial charge is 0.420 e. The zero-order valence-corrected chi connectivity index (χ0v) is 27.4. The third kappa shape index (κ3) is 7.92. The van der Waals surface area contributed by atoms with Gasteiger partial charge in [0.1, 0.15) is 11.2 Å². The molecule has 2 aromatic heterocycles. The van der Waals surface area contributed by atoms with Gasteiger partial charge in [-0.25, -0.2) is 19.5 Å². The monoisotopic (exact) mass is 632 g/mol. The van der Waals surface area contributed by atoms with Crippen molar-refractivity contribution in [2.75, 3.05) is 11.9 Å². The van der Waals surface area contributed by atoms with Crippen LogP contribution in [0.25, 0.3) is 11.2 Å². The van der Waals surface area contributed by atoms with Crippen molar-refractivity contribution in [2.24, 2.45) is 0 Å². The van der Waals surface area contributed by atoms with E-state index in [1.54, 1.807) is 47.9 Å². The molecule has 2 heterocycles. The minimum absolute atomic E-state index is 0.0700. The number of hydrogen-bond donors (Lipinski definition) is 1. The first-order chi connectivity index (χ1) is 21.3. The summed E-state index contributed by atoms with van der Waals surface area (Å²) in [6.45, 7) is 11.2. The maximum Gasteiger partial charge on any atom is 0.420 e. The highest BCUT2D eigenvalue weighted by atomic mass is 35.5. The van der Waals surface area contributed by atoms with Crippen molar-refractivity contribution in [2.45, 2.75) is 90.0 Å². The predicted octanol–water partition coefficient (Wildman–Crippen LogP) is 7.99. The van der Waals surface area contributed by atoms with Gasteiger partial charge in [0.2, 0.25) is 5.28 Å². The molecule has 1 N–H and O–H groups in total. The molecule has 45 heavy (non-hydrogen) atoms. The lowest BCUT2D eigenvalue weighted by atomic mass is 9.91. The topological polar surface area (TPSA) is 111 Å². The number of imide groups is 1. The third-order valence-electron chi connectivity index (χ3n) is 7.59. The van der Waals surface area contributed by atoms with Crippen LogP contribution < -0.4 is 5.32 Å². The van der Waals surface area contributed by atoms with Gasteiger partial charge in [0, 0.05) is 24.5 Å². The molecule has 1 aliphatic carbocycles. The molecule has 5 rings (SSSR count).